The predicted molar refractivity (Wildman–Crippen MR) is 94.5 cm³/mol. The normalized spacial score (nSPS) is 16.4. The fourth-order valence-corrected chi connectivity index (χ4v) is 3.02. The van der Waals surface area contributed by atoms with Gasteiger partial charge in [0.15, 0.2) is 0 Å². The number of hydrogen-bond acceptors (Lipinski definition) is 5. The van der Waals surface area contributed by atoms with Gasteiger partial charge in [0.1, 0.15) is 17.8 Å². The number of nitriles is 2. The molecule has 2 aromatic rings. The van der Waals surface area contributed by atoms with Crippen LogP contribution in [0.15, 0.2) is 42.6 Å². The lowest BCUT2D eigenvalue weighted by molar-refractivity contribution is 0.137. The summed E-state index contributed by atoms with van der Waals surface area (Å²) in [5.41, 5.74) is 3.59. The van der Waals surface area contributed by atoms with Gasteiger partial charge in [0.05, 0.1) is 12.7 Å². The van der Waals surface area contributed by atoms with Crippen LogP contribution in [0.1, 0.15) is 17.7 Å². The summed E-state index contributed by atoms with van der Waals surface area (Å²) in [4.78, 5) is 6.32. The minimum absolute atomic E-state index is 0.121. The van der Waals surface area contributed by atoms with Crippen LogP contribution in [0.2, 0.25) is 0 Å². The second-order valence-corrected chi connectivity index (χ2v) is 6.09. The molecule has 25 heavy (non-hydrogen) atoms. The van der Waals surface area contributed by atoms with Gasteiger partial charge in [-0.3, -0.25) is 4.90 Å². The molecule has 1 saturated heterocycles. The van der Waals surface area contributed by atoms with Crippen LogP contribution < -0.4 is 0 Å². The van der Waals surface area contributed by atoms with Crippen molar-refractivity contribution >= 4 is 0 Å². The van der Waals surface area contributed by atoms with Crippen molar-refractivity contribution in [1.82, 2.24) is 9.88 Å². The minimum atomic E-state index is -0.121. The number of nitrogens with zero attached hydrogens (tertiary/aromatic N) is 4. The van der Waals surface area contributed by atoms with E-state index in [1.807, 2.05) is 24.3 Å². The molecule has 3 rings (SSSR count). The second-order valence-electron chi connectivity index (χ2n) is 6.09. The molecule has 0 N–H and O–H groups in total. The van der Waals surface area contributed by atoms with Crippen molar-refractivity contribution in [3.63, 3.8) is 0 Å². The first-order chi connectivity index (χ1) is 12.3. The molecule has 1 aliphatic heterocycles. The Hall–Kier alpha value is -2.73. The molecule has 1 aromatic carbocycles. The van der Waals surface area contributed by atoms with Crippen molar-refractivity contribution in [2.24, 2.45) is 0 Å². The minimum Gasteiger partial charge on any atom is -0.380 e. The molecule has 0 amide bonds. The molecule has 1 fully saturated rings. The number of rotatable bonds is 4. The van der Waals surface area contributed by atoms with E-state index >= 15 is 0 Å². The van der Waals surface area contributed by atoms with Gasteiger partial charge in [0.25, 0.3) is 0 Å². The highest BCUT2D eigenvalue weighted by atomic mass is 16.5. The van der Waals surface area contributed by atoms with Crippen LogP contribution in [-0.4, -0.2) is 42.2 Å². The van der Waals surface area contributed by atoms with Gasteiger partial charge in [-0.25, -0.2) is 4.98 Å². The van der Waals surface area contributed by atoms with E-state index in [0.717, 1.165) is 42.8 Å². The summed E-state index contributed by atoms with van der Waals surface area (Å²) in [6.07, 6.45) is 3.40. The zero-order valence-corrected chi connectivity index (χ0v) is 14.1. The molecule has 1 aliphatic rings. The van der Waals surface area contributed by atoms with Gasteiger partial charge in [-0.1, -0.05) is 24.3 Å². The predicted octanol–water partition coefficient (Wildman–Crippen LogP) is 2.78. The van der Waals surface area contributed by atoms with Crippen molar-refractivity contribution < 1.29 is 4.74 Å². The van der Waals surface area contributed by atoms with Gasteiger partial charge < -0.3 is 4.74 Å². The zero-order valence-electron chi connectivity index (χ0n) is 14.1. The van der Waals surface area contributed by atoms with Gasteiger partial charge in [-0.15, -0.1) is 0 Å². The first-order valence-corrected chi connectivity index (χ1v) is 8.47. The van der Waals surface area contributed by atoms with Crippen LogP contribution >= 0.6 is 0 Å². The SMILES string of the molecule is N#Cc1ccc(-c2ccc(C[C@@H](C#N)N3CCCOCC3)cc2)cn1. The molecule has 0 aliphatic carbocycles. The number of benzene rings is 1. The van der Waals surface area contributed by atoms with E-state index in [0.29, 0.717) is 18.7 Å². The largest absolute Gasteiger partial charge is 0.380 e. The lowest BCUT2D eigenvalue weighted by Crippen LogP contribution is -2.37. The molecule has 0 spiro atoms. The van der Waals surface area contributed by atoms with Gasteiger partial charge in [-0.05, 0) is 29.7 Å². The number of ether oxygens (including phenoxy) is 1. The summed E-state index contributed by atoms with van der Waals surface area (Å²) in [5, 5.41) is 18.4. The monoisotopic (exact) mass is 332 g/mol. The molecular formula is C20H20N4O. The molecule has 1 atom stereocenters. The lowest BCUT2D eigenvalue weighted by atomic mass is 10.0. The quantitative estimate of drug-likeness (QED) is 0.861. The summed E-state index contributed by atoms with van der Waals surface area (Å²) in [6, 6.07) is 16.2. The van der Waals surface area contributed by atoms with Crippen molar-refractivity contribution in [3.8, 4) is 23.3 Å². The van der Waals surface area contributed by atoms with Crippen molar-refractivity contribution in [2.75, 3.05) is 26.3 Å². The van der Waals surface area contributed by atoms with Crippen LogP contribution in [0.25, 0.3) is 11.1 Å². The highest BCUT2D eigenvalue weighted by Crippen LogP contribution is 2.20. The van der Waals surface area contributed by atoms with Gasteiger partial charge in [-0.2, -0.15) is 10.5 Å². The highest BCUT2D eigenvalue weighted by Gasteiger charge is 2.19. The maximum Gasteiger partial charge on any atom is 0.140 e. The van der Waals surface area contributed by atoms with Gasteiger partial charge >= 0.3 is 0 Å². The number of aromatic nitrogens is 1. The molecule has 0 bridgehead atoms. The van der Waals surface area contributed by atoms with Crippen LogP contribution in [-0.2, 0) is 11.2 Å². The van der Waals surface area contributed by atoms with E-state index in [4.69, 9.17) is 10.00 Å². The first kappa shape index (κ1) is 17.1. The average Bonchev–Trinajstić information content (AvgIpc) is 2.96. The van der Waals surface area contributed by atoms with E-state index in [-0.39, 0.29) is 6.04 Å². The van der Waals surface area contributed by atoms with Gasteiger partial charge in [0.2, 0.25) is 0 Å². The van der Waals surface area contributed by atoms with Crippen LogP contribution in [0.5, 0.6) is 0 Å². The Morgan fingerprint density at radius 1 is 1.04 bits per heavy atom. The third kappa shape index (κ3) is 4.42. The Morgan fingerprint density at radius 3 is 2.52 bits per heavy atom. The van der Waals surface area contributed by atoms with E-state index in [9.17, 15) is 5.26 Å². The molecule has 0 radical (unpaired) electrons. The highest BCUT2D eigenvalue weighted by molar-refractivity contribution is 5.63. The Morgan fingerprint density at radius 2 is 1.84 bits per heavy atom. The zero-order chi connectivity index (χ0) is 17.5. The van der Waals surface area contributed by atoms with Crippen molar-refractivity contribution in [3.05, 3.63) is 53.9 Å². The summed E-state index contributed by atoms with van der Waals surface area (Å²) < 4.78 is 5.47. The fourth-order valence-electron chi connectivity index (χ4n) is 3.02. The van der Waals surface area contributed by atoms with Crippen molar-refractivity contribution in [2.45, 2.75) is 18.9 Å². The number of hydrogen-bond donors (Lipinski definition) is 0. The lowest BCUT2D eigenvalue weighted by Gasteiger charge is -2.24. The standard InChI is InChI=1S/C20H20N4O/c21-13-19-7-6-18(15-23-19)17-4-2-16(3-5-17)12-20(14-22)24-8-1-10-25-11-9-24/h2-7,15,20H,1,8-12H2/t20-/m0/s1. The van der Waals surface area contributed by atoms with E-state index in [2.05, 4.69) is 28.1 Å². The molecule has 1 aromatic heterocycles. The Kier molecular flexibility index (Phi) is 5.74. The first-order valence-electron chi connectivity index (χ1n) is 8.47. The molecule has 0 saturated carbocycles. The Bertz CT molecular complexity index is 763. The Labute approximate surface area is 148 Å². The average molecular weight is 332 g/mol. The third-order valence-corrected chi connectivity index (χ3v) is 4.44. The van der Waals surface area contributed by atoms with E-state index in [1.54, 1.807) is 12.3 Å². The van der Waals surface area contributed by atoms with Crippen LogP contribution in [0, 0.1) is 22.7 Å². The summed E-state index contributed by atoms with van der Waals surface area (Å²) in [5.74, 6) is 0. The molecule has 2 heterocycles. The van der Waals surface area contributed by atoms with Gasteiger partial charge in [0, 0.05) is 37.9 Å². The summed E-state index contributed by atoms with van der Waals surface area (Å²) >= 11 is 0. The topological polar surface area (TPSA) is 72.9 Å². The van der Waals surface area contributed by atoms with E-state index < -0.39 is 0 Å². The molecule has 0 unspecified atom stereocenters. The Balaban J connectivity index is 1.68. The molecule has 5 nitrogen and oxygen atoms in total. The number of pyridine rings is 1. The van der Waals surface area contributed by atoms with Crippen molar-refractivity contribution in [1.29, 1.82) is 10.5 Å². The molecule has 126 valence electrons. The fraction of sp³-hybridized carbons (Fsp3) is 0.350. The van der Waals surface area contributed by atoms with E-state index in [1.165, 1.54) is 0 Å². The maximum absolute atomic E-state index is 9.55. The second kappa shape index (κ2) is 8.39. The molecular weight excluding hydrogens is 312 g/mol. The van der Waals surface area contributed by atoms with Crippen LogP contribution in [0.4, 0.5) is 0 Å². The third-order valence-electron chi connectivity index (χ3n) is 4.44. The molecule has 5 heteroatoms. The smallest absolute Gasteiger partial charge is 0.140 e. The summed E-state index contributed by atoms with van der Waals surface area (Å²) in [7, 11) is 0. The summed E-state index contributed by atoms with van der Waals surface area (Å²) in [6.45, 7) is 3.20. The maximum atomic E-state index is 9.55. The van der Waals surface area contributed by atoms with Crippen LogP contribution in [0.3, 0.4) is 0 Å².